The second kappa shape index (κ2) is 9.03. The molecule has 0 aromatic rings. The number of nitrogens with one attached hydrogen (secondary N) is 2. The van der Waals surface area contributed by atoms with Crippen LogP contribution in [-0.4, -0.2) is 64.3 Å². The van der Waals surface area contributed by atoms with Crippen LogP contribution >= 0.6 is 0 Å². The van der Waals surface area contributed by atoms with Gasteiger partial charge in [0, 0.05) is 6.54 Å². The van der Waals surface area contributed by atoms with Gasteiger partial charge in [0.2, 0.25) is 17.6 Å². The molecule has 200 valence electrons. The summed E-state index contributed by atoms with van der Waals surface area (Å²) in [5.74, 6) is -2.56. The predicted molar refractivity (Wildman–Crippen MR) is 130 cm³/mol. The second-order valence-corrected chi connectivity index (χ2v) is 12.7. The molecular weight excluding hydrogens is 464 g/mol. The average Bonchev–Trinajstić information content (AvgIpc) is 3.59. The highest BCUT2D eigenvalue weighted by atomic mass is 16.6. The molecule has 4 aliphatic rings. The molecule has 0 bridgehead atoms. The molecule has 0 aromatic carbocycles. The summed E-state index contributed by atoms with van der Waals surface area (Å²) in [6, 6.07) is -1.57. The van der Waals surface area contributed by atoms with Crippen molar-refractivity contribution < 1.29 is 28.7 Å². The van der Waals surface area contributed by atoms with E-state index in [0.29, 0.717) is 19.4 Å². The standard InChI is InChI=1S/C26H40N4O6/c1-24(2,3)36-23(35)28-17(14-9-7-6-8-10-14)22(34)30-13-15-16(25(15,4)5)18(30)21(33)29-26(11-12-26)19(31)20(27)32/h14-18H,6-13H2,1-5H3,(H2,27,32)(H,28,35)(H,29,33)/t15-,16-,17-,18-/m0/s1. The van der Waals surface area contributed by atoms with Gasteiger partial charge in [0.25, 0.3) is 5.91 Å². The van der Waals surface area contributed by atoms with Crippen LogP contribution in [0.5, 0.6) is 0 Å². The molecule has 3 saturated carbocycles. The lowest BCUT2D eigenvalue weighted by atomic mass is 9.83. The number of amides is 4. The Kier molecular flexibility index (Phi) is 6.62. The largest absolute Gasteiger partial charge is 0.444 e. The Balaban J connectivity index is 1.56. The highest BCUT2D eigenvalue weighted by Gasteiger charge is 2.70. The molecule has 0 aromatic heterocycles. The summed E-state index contributed by atoms with van der Waals surface area (Å²) in [7, 11) is 0. The summed E-state index contributed by atoms with van der Waals surface area (Å²) in [6.07, 6.45) is 4.72. The van der Waals surface area contributed by atoms with Crippen molar-refractivity contribution in [2.45, 2.75) is 103 Å². The van der Waals surface area contributed by atoms with Crippen molar-refractivity contribution in [1.82, 2.24) is 15.5 Å². The van der Waals surface area contributed by atoms with Gasteiger partial charge in [-0.1, -0.05) is 33.1 Å². The molecule has 1 heterocycles. The van der Waals surface area contributed by atoms with Gasteiger partial charge in [-0.3, -0.25) is 19.2 Å². The van der Waals surface area contributed by atoms with Crippen molar-refractivity contribution >= 4 is 29.6 Å². The van der Waals surface area contributed by atoms with Crippen molar-refractivity contribution in [3.05, 3.63) is 0 Å². The fourth-order valence-electron chi connectivity index (χ4n) is 6.35. The first kappa shape index (κ1) is 26.4. The number of nitrogens with two attached hydrogens (primary N) is 1. The van der Waals surface area contributed by atoms with Crippen LogP contribution in [0.2, 0.25) is 0 Å². The van der Waals surface area contributed by atoms with E-state index in [1.165, 1.54) is 0 Å². The third-order valence-corrected chi connectivity index (χ3v) is 8.59. The van der Waals surface area contributed by atoms with E-state index in [1.54, 1.807) is 25.7 Å². The Morgan fingerprint density at radius 1 is 1.03 bits per heavy atom. The Morgan fingerprint density at radius 2 is 1.64 bits per heavy atom. The summed E-state index contributed by atoms with van der Waals surface area (Å²) in [4.78, 5) is 65.7. The third-order valence-electron chi connectivity index (χ3n) is 8.59. The molecule has 1 aliphatic heterocycles. The number of likely N-dealkylation sites (tertiary alicyclic amines) is 1. The van der Waals surface area contributed by atoms with Crippen molar-refractivity contribution in [2.75, 3.05) is 6.54 Å². The molecule has 36 heavy (non-hydrogen) atoms. The van der Waals surface area contributed by atoms with Gasteiger partial charge in [0.15, 0.2) is 0 Å². The number of rotatable bonds is 7. The molecule has 0 radical (unpaired) electrons. The van der Waals surface area contributed by atoms with E-state index in [-0.39, 0.29) is 29.1 Å². The Bertz CT molecular complexity index is 960. The third kappa shape index (κ3) is 4.95. The van der Waals surface area contributed by atoms with Crippen LogP contribution in [0.1, 0.15) is 79.6 Å². The minimum Gasteiger partial charge on any atom is -0.444 e. The fourth-order valence-corrected chi connectivity index (χ4v) is 6.35. The minimum atomic E-state index is -1.26. The molecule has 10 nitrogen and oxygen atoms in total. The first-order valence-electron chi connectivity index (χ1n) is 13.1. The molecule has 4 rings (SSSR count). The van der Waals surface area contributed by atoms with Gasteiger partial charge in [-0.2, -0.15) is 0 Å². The summed E-state index contributed by atoms with van der Waals surface area (Å²) in [6.45, 7) is 9.85. The Morgan fingerprint density at radius 3 is 2.17 bits per heavy atom. The van der Waals surface area contributed by atoms with Gasteiger partial charge >= 0.3 is 6.09 Å². The number of nitrogens with zero attached hydrogens (tertiary/aromatic N) is 1. The van der Waals surface area contributed by atoms with Gasteiger partial charge < -0.3 is 26.0 Å². The lowest BCUT2D eigenvalue weighted by Crippen LogP contribution is -2.60. The number of ketones is 1. The lowest BCUT2D eigenvalue weighted by Gasteiger charge is -2.37. The van der Waals surface area contributed by atoms with E-state index in [2.05, 4.69) is 24.5 Å². The van der Waals surface area contributed by atoms with E-state index in [9.17, 15) is 24.0 Å². The zero-order valence-corrected chi connectivity index (χ0v) is 22.0. The average molecular weight is 505 g/mol. The van der Waals surface area contributed by atoms with Gasteiger partial charge in [0.05, 0.1) is 0 Å². The fraction of sp³-hybridized carbons (Fsp3) is 0.808. The lowest BCUT2D eigenvalue weighted by molar-refractivity contribution is -0.145. The van der Waals surface area contributed by atoms with E-state index < -0.39 is 46.9 Å². The normalized spacial score (nSPS) is 28.9. The van der Waals surface area contributed by atoms with E-state index >= 15 is 0 Å². The topological polar surface area (TPSA) is 148 Å². The number of piperidine rings is 1. The Labute approximate surface area is 212 Å². The summed E-state index contributed by atoms with van der Waals surface area (Å²) < 4.78 is 5.45. The van der Waals surface area contributed by atoms with Crippen molar-refractivity contribution in [3.8, 4) is 0 Å². The van der Waals surface area contributed by atoms with Gasteiger partial charge in [-0.15, -0.1) is 0 Å². The number of fused-ring (bicyclic) bond motifs is 1. The number of carbonyl (C=O) groups excluding carboxylic acids is 5. The van der Waals surface area contributed by atoms with Crippen molar-refractivity contribution in [2.24, 2.45) is 28.9 Å². The van der Waals surface area contributed by atoms with Crippen LogP contribution in [0.4, 0.5) is 4.79 Å². The van der Waals surface area contributed by atoms with Crippen LogP contribution in [-0.2, 0) is 23.9 Å². The predicted octanol–water partition coefficient (Wildman–Crippen LogP) is 1.65. The number of ether oxygens (including phenoxy) is 1. The molecule has 4 N–H and O–H groups in total. The number of carbonyl (C=O) groups is 5. The van der Waals surface area contributed by atoms with Crippen LogP contribution < -0.4 is 16.4 Å². The van der Waals surface area contributed by atoms with E-state index in [1.807, 2.05) is 0 Å². The summed E-state index contributed by atoms with van der Waals surface area (Å²) >= 11 is 0. The van der Waals surface area contributed by atoms with Crippen LogP contribution in [0.3, 0.4) is 0 Å². The van der Waals surface area contributed by atoms with E-state index in [4.69, 9.17) is 10.5 Å². The Hall–Kier alpha value is -2.65. The molecule has 0 spiro atoms. The number of Topliss-reactive ketones (excluding diaryl/α,β-unsaturated/α-hetero) is 1. The maximum Gasteiger partial charge on any atom is 0.408 e. The molecule has 1 saturated heterocycles. The quantitative estimate of drug-likeness (QED) is 0.449. The maximum absolute atomic E-state index is 14.0. The minimum absolute atomic E-state index is 0.0429. The first-order chi connectivity index (χ1) is 16.7. The molecule has 10 heteroatoms. The SMILES string of the molecule is CC(C)(C)OC(=O)N[C@H](C(=O)N1C[C@H]2[C@@H]([C@H]1C(=O)NC1(C(=O)C(N)=O)CC1)C2(C)C)C1CCCCC1. The van der Waals surface area contributed by atoms with Gasteiger partial charge in [-0.05, 0) is 69.6 Å². The highest BCUT2D eigenvalue weighted by Crippen LogP contribution is 2.65. The van der Waals surface area contributed by atoms with Crippen LogP contribution in [0.25, 0.3) is 0 Å². The highest BCUT2D eigenvalue weighted by molar-refractivity contribution is 6.40. The zero-order valence-electron chi connectivity index (χ0n) is 22.0. The number of hydrogen-bond acceptors (Lipinski definition) is 6. The second-order valence-electron chi connectivity index (χ2n) is 12.7. The smallest absolute Gasteiger partial charge is 0.408 e. The number of alkyl carbamates (subject to hydrolysis) is 1. The van der Waals surface area contributed by atoms with Gasteiger partial charge in [0.1, 0.15) is 23.2 Å². The van der Waals surface area contributed by atoms with Crippen LogP contribution in [0, 0.1) is 23.2 Å². The molecular formula is C26H40N4O6. The molecule has 4 atom stereocenters. The zero-order chi connectivity index (χ0) is 26.6. The van der Waals surface area contributed by atoms with Crippen LogP contribution in [0.15, 0.2) is 0 Å². The van der Waals surface area contributed by atoms with E-state index in [0.717, 1.165) is 32.1 Å². The summed E-state index contributed by atoms with van der Waals surface area (Å²) in [5, 5.41) is 5.59. The number of hydrogen-bond donors (Lipinski definition) is 3. The molecule has 4 fully saturated rings. The van der Waals surface area contributed by atoms with Crippen molar-refractivity contribution in [1.29, 1.82) is 0 Å². The first-order valence-corrected chi connectivity index (χ1v) is 13.1. The molecule has 4 amide bonds. The molecule has 3 aliphatic carbocycles. The summed E-state index contributed by atoms with van der Waals surface area (Å²) in [5.41, 5.74) is 3.11. The van der Waals surface area contributed by atoms with Gasteiger partial charge in [-0.25, -0.2) is 4.79 Å². The monoisotopic (exact) mass is 504 g/mol. The van der Waals surface area contributed by atoms with Crippen molar-refractivity contribution in [3.63, 3.8) is 0 Å². The number of primary amides is 1. The molecule has 0 unspecified atom stereocenters. The maximum atomic E-state index is 14.0.